The van der Waals surface area contributed by atoms with E-state index in [2.05, 4.69) is 5.32 Å². The van der Waals surface area contributed by atoms with E-state index in [9.17, 15) is 9.59 Å². The first-order valence-electron chi connectivity index (χ1n) is 7.07. The maximum absolute atomic E-state index is 12.3. The van der Waals surface area contributed by atoms with Crippen molar-refractivity contribution in [3.63, 3.8) is 0 Å². The minimum absolute atomic E-state index is 0.182. The van der Waals surface area contributed by atoms with Crippen molar-refractivity contribution in [2.45, 2.75) is 13.8 Å². The SMILES string of the molecule is CC(=O)N(CC(=O)Nc1c(Cl)cccc1Cl)c1cc(Cl)ccc1C. The number of nitrogens with zero attached hydrogens (tertiary/aromatic N) is 1. The Bertz CT molecular complexity index is 773. The van der Waals surface area contributed by atoms with Crippen LogP contribution < -0.4 is 10.2 Å². The van der Waals surface area contributed by atoms with Gasteiger partial charge < -0.3 is 10.2 Å². The maximum Gasteiger partial charge on any atom is 0.244 e. The Kier molecular flexibility index (Phi) is 6.10. The zero-order valence-corrected chi connectivity index (χ0v) is 15.3. The summed E-state index contributed by atoms with van der Waals surface area (Å²) in [6.45, 7) is 3.04. The van der Waals surface area contributed by atoms with Gasteiger partial charge in [0.2, 0.25) is 11.8 Å². The Morgan fingerprint density at radius 1 is 1.08 bits per heavy atom. The van der Waals surface area contributed by atoms with Gasteiger partial charge in [-0.15, -0.1) is 0 Å². The monoisotopic (exact) mass is 384 g/mol. The summed E-state index contributed by atoms with van der Waals surface area (Å²) in [6.07, 6.45) is 0. The maximum atomic E-state index is 12.3. The summed E-state index contributed by atoms with van der Waals surface area (Å²) in [5.74, 6) is -0.694. The number of anilines is 2. The normalized spacial score (nSPS) is 10.4. The molecule has 2 rings (SSSR count). The molecule has 2 amide bonds. The van der Waals surface area contributed by atoms with Crippen LogP contribution in [0, 0.1) is 6.92 Å². The van der Waals surface area contributed by atoms with E-state index in [-0.39, 0.29) is 12.5 Å². The van der Waals surface area contributed by atoms with Crippen LogP contribution in [0.5, 0.6) is 0 Å². The van der Waals surface area contributed by atoms with E-state index in [0.717, 1.165) is 5.56 Å². The van der Waals surface area contributed by atoms with Crippen molar-refractivity contribution in [2.24, 2.45) is 0 Å². The molecule has 0 aromatic heterocycles. The summed E-state index contributed by atoms with van der Waals surface area (Å²) < 4.78 is 0. The number of carbonyl (C=O) groups excluding carboxylic acids is 2. The molecule has 7 heteroatoms. The van der Waals surface area contributed by atoms with Crippen LogP contribution in [-0.4, -0.2) is 18.4 Å². The molecular formula is C17H15Cl3N2O2. The number of rotatable bonds is 4. The van der Waals surface area contributed by atoms with Crippen LogP contribution in [-0.2, 0) is 9.59 Å². The Balaban J connectivity index is 2.24. The molecule has 0 saturated heterocycles. The van der Waals surface area contributed by atoms with E-state index in [1.807, 2.05) is 6.92 Å². The minimum Gasteiger partial charge on any atom is -0.322 e. The molecule has 0 bridgehead atoms. The molecule has 2 aromatic carbocycles. The van der Waals surface area contributed by atoms with Crippen molar-refractivity contribution >= 4 is 58.0 Å². The third-order valence-corrected chi connectivity index (χ3v) is 4.24. The number of para-hydroxylation sites is 1. The third kappa shape index (κ3) is 4.41. The highest BCUT2D eigenvalue weighted by atomic mass is 35.5. The van der Waals surface area contributed by atoms with E-state index in [1.54, 1.807) is 36.4 Å². The largest absolute Gasteiger partial charge is 0.322 e. The Hall–Kier alpha value is -1.75. The number of hydrogen-bond acceptors (Lipinski definition) is 2. The van der Waals surface area contributed by atoms with Crippen LogP contribution in [0.4, 0.5) is 11.4 Å². The van der Waals surface area contributed by atoms with E-state index >= 15 is 0 Å². The first kappa shape index (κ1) is 18.6. The Morgan fingerprint density at radius 3 is 2.29 bits per heavy atom. The average Bonchev–Trinajstić information content (AvgIpc) is 2.51. The lowest BCUT2D eigenvalue weighted by molar-refractivity contribution is -0.120. The summed E-state index contributed by atoms with van der Waals surface area (Å²) in [5, 5.41) is 3.77. The molecule has 4 nitrogen and oxygen atoms in total. The highest BCUT2D eigenvalue weighted by molar-refractivity contribution is 6.39. The standard InChI is InChI=1S/C17H15Cl3N2O2/c1-10-6-7-12(18)8-15(10)22(11(2)23)9-16(24)21-17-13(19)4-3-5-14(17)20/h3-8H,9H2,1-2H3,(H,21,24). The molecule has 0 heterocycles. The van der Waals surface area contributed by atoms with E-state index in [0.29, 0.717) is 26.4 Å². The summed E-state index contributed by atoms with van der Waals surface area (Å²) >= 11 is 18.1. The van der Waals surface area contributed by atoms with Gasteiger partial charge in [-0.1, -0.05) is 46.9 Å². The number of hydrogen-bond donors (Lipinski definition) is 1. The molecule has 0 atom stereocenters. The molecule has 0 aliphatic rings. The number of amides is 2. The van der Waals surface area contributed by atoms with Gasteiger partial charge in [0.25, 0.3) is 0 Å². The van der Waals surface area contributed by atoms with Gasteiger partial charge >= 0.3 is 0 Å². The number of aryl methyl sites for hydroxylation is 1. The zero-order chi connectivity index (χ0) is 17.9. The van der Waals surface area contributed by atoms with Gasteiger partial charge in [-0.3, -0.25) is 9.59 Å². The quantitative estimate of drug-likeness (QED) is 0.810. The first-order valence-corrected chi connectivity index (χ1v) is 8.21. The van der Waals surface area contributed by atoms with Crippen LogP contribution in [0.1, 0.15) is 12.5 Å². The van der Waals surface area contributed by atoms with E-state index in [1.165, 1.54) is 11.8 Å². The summed E-state index contributed by atoms with van der Waals surface area (Å²) in [5.41, 5.74) is 1.73. The Labute approximate surface area is 155 Å². The fraction of sp³-hybridized carbons (Fsp3) is 0.176. The fourth-order valence-corrected chi connectivity index (χ4v) is 2.84. The first-order chi connectivity index (χ1) is 11.3. The third-order valence-electron chi connectivity index (χ3n) is 3.37. The lowest BCUT2D eigenvalue weighted by atomic mass is 10.1. The van der Waals surface area contributed by atoms with Gasteiger partial charge in [0, 0.05) is 17.6 Å². The van der Waals surface area contributed by atoms with Crippen molar-refractivity contribution < 1.29 is 9.59 Å². The molecule has 0 aliphatic carbocycles. The predicted octanol–water partition coefficient (Wildman–Crippen LogP) is 4.95. The molecule has 0 aliphatic heterocycles. The van der Waals surface area contributed by atoms with Gasteiger partial charge in [0.05, 0.1) is 15.7 Å². The summed E-state index contributed by atoms with van der Waals surface area (Å²) in [4.78, 5) is 25.7. The highest BCUT2D eigenvalue weighted by Crippen LogP contribution is 2.30. The molecular weight excluding hydrogens is 371 g/mol. The van der Waals surface area contributed by atoms with Crippen LogP contribution in [0.15, 0.2) is 36.4 Å². The van der Waals surface area contributed by atoms with Gasteiger partial charge in [-0.05, 0) is 36.8 Å². The molecule has 0 saturated carbocycles. The minimum atomic E-state index is -0.417. The number of benzene rings is 2. The zero-order valence-electron chi connectivity index (χ0n) is 13.1. The summed E-state index contributed by atoms with van der Waals surface area (Å²) in [6, 6.07) is 10.1. The second-order valence-corrected chi connectivity index (χ2v) is 6.43. The van der Waals surface area contributed by atoms with Gasteiger partial charge in [0.1, 0.15) is 6.54 Å². The summed E-state index contributed by atoms with van der Waals surface area (Å²) in [7, 11) is 0. The number of nitrogens with one attached hydrogen (secondary N) is 1. The topological polar surface area (TPSA) is 49.4 Å². The molecule has 126 valence electrons. The molecule has 0 unspecified atom stereocenters. The van der Waals surface area contributed by atoms with Crippen LogP contribution in [0.2, 0.25) is 15.1 Å². The molecule has 0 radical (unpaired) electrons. The van der Waals surface area contributed by atoms with Gasteiger partial charge in [0.15, 0.2) is 0 Å². The van der Waals surface area contributed by atoms with Crippen LogP contribution in [0.3, 0.4) is 0 Å². The van der Waals surface area contributed by atoms with Crippen molar-refractivity contribution in [1.82, 2.24) is 0 Å². The second kappa shape index (κ2) is 7.88. The lowest BCUT2D eigenvalue weighted by Gasteiger charge is -2.23. The fourth-order valence-electron chi connectivity index (χ4n) is 2.18. The smallest absolute Gasteiger partial charge is 0.244 e. The van der Waals surface area contributed by atoms with Crippen molar-refractivity contribution in [3.8, 4) is 0 Å². The van der Waals surface area contributed by atoms with E-state index < -0.39 is 5.91 Å². The predicted molar refractivity (Wildman–Crippen MR) is 99.3 cm³/mol. The van der Waals surface area contributed by atoms with Crippen molar-refractivity contribution in [1.29, 1.82) is 0 Å². The molecule has 0 spiro atoms. The molecule has 24 heavy (non-hydrogen) atoms. The van der Waals surface area contributed by atoms with E-state index in [4.69, 9.17) is 34.8 Å². The van der Waals surface area contributed by atoms with Crippen molar-refractivity contribution in [3.05, 3.63) is 57.0 Å². The average molecular weight is 386 g/mol. The van der Waals surface area contributed by atoms with Crippen molar-refractivity contribution in [2.75, 3.05) is 16.8 Å². The molecule has 0 fully saturated rings. The van der Waals surface area contributed by atoms with Gasteiger partial charge in [-0.2, -0.15) is 0 Å². The molecule has 1 N–H and O–H groups in total. The van der Waals surface area contributed by atoms with Crippen LogP contribution >= 0.6 is 34.8 Å². The Morgan fingerprint density at radius 2 is 1.71 bits per heavy atom. The van der Waals surface area contributed by atoms with Crippen LogP contribution in [0.25, 0.3) is 0 Å². The molecule has 2 aromatic rings. The highest BCUT2D eigenvalue weighted by Gasteiger charge is 2.19. The van der Waals surface area contributed by atoms with Gasteiger partial charge in [-0.25, -0.2) is 0 Å². The second-order valence-electron chi connectivity index (χ2n) is 5.18. The lowest BCUT2D eigenvalue weighted by Crippen LogP contribution is -2.37. The number of halogens is 3. The number of carbonyl (C=O) groups is 2.